The second kappa shape index (κ2) is 3.28. The summed E-state index contributed by atoms with van der Waals surface area (Å²) in [4.78, 5) is 2.01. The van der Waals surface area contributed by atoms with Crippen LogP contribution in [0, 0.1) is 0 Å². The standard InChI is InChI=1S/C10H21BN2/c1-9(2)6-8(12-5)7-10(3,4)13(9)11/h8,12H,6-7H2,1-5H3. The number of rotatable bonds is 1. The molecule has 0 unspecified atom stereocenters. The van der Waals surface area contributed by atoms with Gasteiger partial charge in [0.15, 0.2) is 7.98 Å². The van der Waals surface area contributed by atoms with Crippen molar-refractivity contribution in [3.05, 3.63) is 0 Å². The van der Waals surface area contributed by atoms with E-state index in [0.717, 1.165) is 12.8 Å². The van der Waals surface area contributed by atoms with Crippen molar-refractivity contribution < 1.29 is 0 Å². The van der Waals surface area contributed by atoms with E-state index in [9.17, 15) is 0 Å². The first kappa shape index (κ1) is 11.1. The smallest absolute Gasteiger partial charge is 0.183 e. The molecule has 1 N–H and O–H groups in total. The first-order valence-electron chi connectivity index (χ1n) is 5.02. The minimum atomic E-state index is 0.0927. The highest BCUT2D eigenvalue weighted by Gasteiger charge is 2.41. The average molecular weight is 180 g/mol. The van der Waals surface area contributed by atoms with E-state index in [4.69, 9.17) is 7.98 Å². The molecule has 1 fully saturated rings. The van der Waals surface area contributed by atoms with Gasteiger partial charge in [0, 0.05) is 17.1 Å². The SMILES string of the molecule is [B]N1C(C)(C)CC(NC)CC1(C)C. The Hall–Kier alpha value is -0.0151. The first-order chi connectivity index (χ1) is 5.79. The summed E-state index contributed by atoms with van der Waals surface area (Å²) < 4.78 is 0. The van der Waals surface area contributed by atoms with Crippen molar-refractivity contribution in [2.45, 2.75) is 57.7 Å². The van der Waals surface area contributed by atoms with Gasteiger partial charge in [-0.25, -0.2) is 0 Å². The van der Waals surface area contributed by atoms with Crippen LogP contribution in [0.5, 0.6) is 0 Å². The van der Waals surface area contributed by atoms with Crippen molar-refractivity contribution in [3.63, 3.8) is 0 Å². The van der Waals surface area contributed by atoms with Gasteiger partial charge < -0.3 is 10.1 Å². The van der Waals surface area contributed by atoms with Crippen LogP contribution in [-0.2, 0) is 0 Å². The Morgan fingerprint density at radius 1 is 1.15 bits per heavy atom. The fourth-order valence-corrected chi connectivity index (χ4v) is 2.50. The van der Waals surface area contributed by atoms with Crippen molar-refractivity contribution in [2.75, 3.05) is 7.05 Å². The maximum Gasteiger partial charge on any atom is 0.183 e. The molecule has 1 saturated heterocycles. The molecule has 0 aromatic heterocycles. The summed E-state index contributed by atoms with van der Waals surface area (Å²) >= 11 is 0. The molecule has 0 aromatic rings. The average Bonchev–Trinajstić information content (AvgIpc) is 1.99. The van der Waals surface area contributed by atoms with Gasteiger partial charge >= 0.3 is 0 Å². The van der Waals surface area contributed by atoms with E-state index in [1.54, 1.807) is 0 Å². The van der Waals surface area contributed by atoms with Gasteiger partial charge in [0.25, 0.3) is 0 Å². The Kier molecular flexibility index (Phi) is 2.79. The van der Waals surface area contributed by atoms with Crippen LogP contribution in [-0.4, -0.2) is 37.0 Å². The zero-order chi connectivity index (χ0) is 10.3. The lowest BCUT2D eigenvalue weighted by Crippen LogP contribution is -2.62. The molecule has 0 amide bonds. The minimum absolute atomic E-state index is 0.0927. The third-order valence-corrected chi connectivity index (χ3v) is 3.20. The number of hydrogen-bond acceptors (Lipinski definition) is 2. The zero-order valence-corrected chi connectivity index (χ0v) is 9.52. The van der Waals surface area contributed by atoms with Gasteiger partial charge in [-0.15, -0.1) is 0 Å². The van der Waals surface area contributed by atoms with Gasteiger partial charge in [0.2, 0.25) is 0 Å². The Labute approximate surface area is 83.5 Å². The van der Waals surface area contributed by atoms with Crippen molar-refractivity contribution >= 4 is 7.98 Å². The Bertz CT molecular complexity index is 171. The van der Waals surface area contributed by atoms with E-state index in [-0.39, 0.29) is 11.1 Å². The summed E-state index contributed by atoms with van der Waals surface area (Å²) in [6.45, 7) is 8.83. The van der Waals surface area contributed by atoms with Crippen LogP contribution in [0.15, 0.2) is 0 Å². The maximum atomic E-state index is 6.11. The fourth-order valence-electron chi connectivity index (χ4n) is 2.50. The monoisotopic (exact) mass is 180 g/mol. The summed E-state index contributed by atoms with van der Waals surface area (Å²) in [5, 5.41) is 3.35. The van der Waals surface area contributed by atoms with E-state index in [2.05, 4.69) is 33.0 Å². The van der Waals surface area contributed by atoms with E-state index in [0.29, 0.717) is 6.04 Å². The normalized spacial score (nSPS) is 29.0. The van der Waals surface area contributed by atoms with Crippen LogP contribution in [0.4, 0.5) is 0 Å². The number of nitrogens with one attached hydrogen (secondary N) is 1. The molecule has 0 atom stereocenters. The lowest BCUT2D eigenvalue weighted by Gasteiger charge is -2.54. The molecule has 1 aliphatic heterocycles. The van der Waals surface area contributed by atoms with Crippen LogP contribution < -0.4 is 5.32 Å². The Balaban J connectivity index is 2.82. The van der Waals surface area contributed by atoms with Crippen molar-refractivity contribution in [1.82, 2.24) is 10.1 Å². The molecule has 0 spiro atoms. The molecule has 0 bridgehead atoms. The molecule has 2 radical (unpaired) electrons. The molecule has 0 saturated carbocycles. The summed E-state index contributed by atoms with van der Waals surface area (Å²) in [6.07, 6.45) is 2.23. The lowest BCUT2D eigenvalue weighted by molar-refractivity contribution is 0.0383. The van der Waals surface area contributed by atoms with Crippen LogP contribution in [0.2, 0.25) is 0 Å². The fraction of sp³-hybridized carbons (Fsp3) is 1.00. The van der Waals surface area contributed by atoms with Gasteiger partial charge in [0.05, 0.1) is 0 Å². The minimum Gasteiger partial charge on any atom is -0.344 e. The number of nitrogens with zero attached hydrogens (tertiary/aromatic N) is 1. The second-order valence-corrected chi connectivity index (χ2v) is 5.39. The molecule has 0 aromatic carbocycles. The van der Waals surface area contributed by atoms with Crippen LogP contribution in [0.25, 0.3) is 0 Å². The van der Waals surface area contributed by atoms with E-state index < -0.39 is 0 Å². The molecule has 74 valence electrons. The van der Waals surface area contributed by atoms with Gasteiger partial charge in [-0.2, -0.15) is 0 Å². The van der Waals surface area contributed by atoms with Gasteiger partial charge in [-0.1, -0.05) is 0 Å². The summed E-state index contributed by atoms with van der Waals surface area (Å²) in [6, 6.07) is 0.588. The number of piperidine rings is 1. The van der Waals surface area contributed by atoms with E-state index in [1.807, 2.05) is 11.9 Å². The molecular weight excluding hydrogens is 159 g/mol. The van der Waals surface area contributed by atoms with Crippen LogP contribution in [0.3, 0.4) is 0 Å². The highest BCUT2D eigenvalue weighted by Crippen LogP contribution is 2.36. The number of hydrogen-bond donors (Lipinski definition) is 1. The lowest BCUT2D eigenvalue weighted by atomic mass is 9.74. The molecule has 0 aliphatic carbocycles. The predicted molar refractivity (Wildman–Crippen MR) is 57.8 cm³/mol. The van der Waals surface area contributed by atoms with Gasteiger partial charge in [0.1, 0.15) is 0 Å². The zero-order valence-electron chi connectivity index (χ0n) is 9.52. The van der Waals surface area contributed by atoms with Gasteiger partial charge in [-0.05, 0) is 47.6 Å². The van der Waals surface area contributed by atoms with Crippen molar-refractivity contribution in [3.8, 4) is 0 Å². The van der Waals surface area contributed by atoms with E-state index in [1.165, 1.54) is 0 Å². The van der Waals surface area contributed by atoms with Crippen molar-refractivity contribution in [2.24, 2.45) is 0 Å². The molecular formula is C10H21BN2. The molecule has 1 rings (SSSR count). The van der Waals surface area contributed by atoms with E-state index >= 15 is 0 Å². The molecule has 1 aliphatic rings. The van der Waals surface area contributed by atoms with Crippen LogP contribution >= 0.6 is 0 Å². The summed E-state index contributed by atoms with van der Waals surface area (Å²) in [7, 11) is 8.14. The maximum absolute atomic E-state index is 6.11. The highest BCUT2D eigenvalue weighted by molar-refractivity contribution is 6.05. The third kappa shape index (κ3) is 2.08. The summed E-state index contributed by atoms with van der Waals surface area (Å²) in [5.74, 6) is 0. The van der Waals surface area contributed by atoms with Crippen molar-refractivity contribution in [1.29, 1.82) is 0 Å². The Morgan fingerprint density at radius 2 is 1.54 bits per heavy atom. The summed E-state index contributed by atoms with van der Waals surface area (Å²) in [5.41, 5.74) is 0.185. The molecule has 3 heteroatoms. The molecule has 13 heavy (non-hydrogen) atoms. The first-order valence-corrected chi connectivity index (χ1v) is 5.02. The third-order valence-electron chi connectivity index (χ3n) is 3.20. The molecule has 1 heterocycles. The molecule has 2 nitrogen and oxygen atoms in total. The quantitative estimate of drug-likeness (QED) is 0.612. The van der Waals surface area contributed by atoms with Gasteiger partial charge in [-0.3, -0.25) is 0 Å². The highest BCUT2D eigenvalue weighted by atomic mass is 15.2. The largest absolute Gasteiger partial charge is 0.344 e. The van der Waals surface area contributed by atoms with Crippen LogP contribution in [0.1, 0.15) is 40.5 Å². The predicted octanol–water partition coefficient (Wildman–Crippen LogP) is 1.31. The topological polar surface area (TPSA) is 15.3 Å². The Morgan fingerprint density at radius 3 is 1.85 bits per heavy atom. The second-order valence-electron chi connectivity index (χ2n) is 5.39.